The van der Waals surface area contributed by atoms with Gasteiger partial charge in [0.05, 0.1) is 13.2 Å². The number of rotatable bonds is 3. The first-order chi connectivity index (χ1) is 6.60. The smallest absolute Gasteiger partial charge is 0.124 e. The Bertz CT molecular complexity index is 307. The summed E-state index contributed by atoms with van der Waals surface area (Å²) in [4.78, 5) is 0. The fourth-order valence-corrected chi connectivity index (χ4v) is 1.61. The van der Waals surface area contributed by atoms with E-state index in [4.69, 9.17) is 10.5 Å². The van der Waals surface area contributed by atoms with Gasteiger partial charge in [0.1, 0.15) is 12.4 Å². The molecule has 1 atom stereocenters. The van der Waals surface area contributed by atoms with Gasteiger partial charge < -0.3 is 10.5 Å². The number of nitrogens with two attached hydrogens (primary N) is 1. The number of halogens is 2. The highest BCUT2D eigenvalue weighted by atomic mass is 35.5. The molecule has 0 aromatic heterocycles. The van der Waals surface area contributed by atoms with E-state index in [1.807, 2.05) is 26.0 Å². The fraction of sp³-hybridized carbons (Fsp3) is 0.455. The topological polar surface area (TPSA) is 35.2 Å². The second-order valence-corrected chi connectivity index (χ2v) is 3.45. The van der Waals surface area contributed by atoms with Gasteiger partial charge >= 0.3 is 0 Å². The van der Waals surface area contributed by atoms with Gasteiger partial charge in [-0.3, -0.25) is 0 Å². The van der Waals surface area contributed by atoms with Crippen molar-refractivity contribution in [1.29, 1.82) is 0 Å². The summed E-state index contributed by atoms with van der Waals surface area (Å²) in [6.45, 7) is 3.33. The molecule has 0 fully saturated rings. The lowest BCUT2D eigenvalue weighted by molar-refractivity contribution is 0.407. The molecule has 0 unspecified atom stereocenters. The first-order valence-electron chi connectivity index (χ1n) is 4.56. The monoisotopic (exact) mass is 233 g/mol. The maximum Gasteiger partial charge on any atom is 0.124 e. The average molecular weight is 234 g/mol. The third kappa shape index (κ3) is 3.08. The van der Waals surface area contributed by atoms with Crippen molar-refractivity contribution in [3.05, 3.63) is 28.8 Å². The molecule has 0 radical (unpaired) electrons. The maximum absolute atomic E-state index is 12.4. The molecule has 0 aliphatic carbocycles. The Morgan fingerprint density at radius 1 is 1.33 bits per heavy atom. The standard InChI is InChI=1S/C11H16FNO.ClH/c1-7-4-9(10(13)6-12)5-8(2)11(7)14-3;/h4-5,10H,6,13H2,1-3H3;1H/t10-;/m0./s1. The van der Waals surface area contributed by atoms with Crippen LogP contribution in [0.5, 0.6) is 5.75 Å². The van der Waals surface area contributed by atoms with E-state index in [9.17, 15) is 4.39 Å². The zero-order valence-electron chi connectivity index (χ0n) is 9.21. The largest absolute Gasteiger partial charge is 0.496 e. The minimum Gasteiger partial charge on any atom is -0.496 e. The SMILES string of the molecule is COc1c(C)cc([C@@H](N)CF)cc1C.Cl. The van der Waals surface area contributed by atoms with Crippen LogP contribution in [0, 0.1) is 13.8 Å². The summed E-state index contributed by atoms with van der Waals surface area (Å²) in [6.07, 6.45) is 0. The molecule has 1 aromatic carbocycles. The summed E-state index contributed by atoms with van der Waals surface area (Å²) in [7, 11) is 1.63. The summed E-state index contributed by atoms with van der Waals surface area (Å²) < 4.78 is 17.6. The molecule has 2 N–H and O–H groups in total. The van der Waals surface area contributed by atoms with Crippen molar-refractivity contribution in [2.24, 2.45) is 5.73 Å². The van der Waals surface area contributed by atoms with Crippen molar-refractivity contribution in [2.45, 2.75) is 19.9 Å². The van der Waals surface area contributed by atoms with Gasteiger partial charge in [-0.25, -0.2) is 4.39 Å². The van der Waals surface area contributed by atoms with Crippen LogP contribution in [0.2, 0.25) is 0 Å². The second kappa shape index (κ2) is 5.93. The Morgan fingerprint density at radius 3 is 2.13 bits per heavy atom. The third-order valence-electron chi connectivity index (χ3n) is 2.28. The maximum atomic E-state index is 12.4. The van der Waals surface area contributed by atoms with Crippen LogP contribution in [0.3, 0.4) is 0 Å². The van der Waals surface area contributed by atoms with Gasteiger partial charge in [-0.2, -0.15) is 0 Å². The molecule has 2 nitrogen and oxygen atoms in total. The molecule has 0 saturated carbocycles. The van der Waals surface area contributed by atoms with E-state index < -0.39 is 12.7 Å². The van der Waals surface area contributed by atoms with Crippen LogP contribution in [0.1, 0.15) is 22.7 Å². The van der Waals surface area contributed by atoms with Gasteiger partial charge in [-0.05, 0) is 30.5 Å². The van der Waals surface area contributed by atoms with Crippen molar-refractivity contribution in [1.82, 2.24) is 0 Å². The average Bonchev–Trinajstić information content (AvgIpc) is 2.16. The van der Waals surface area contributed by atoms with Gasteiger partial charge in [0.2, 0.25) is 0 Å². The zero-order valence-corrected chi connectivity index (χ0v) is 10.0. The Morgan fingerprint density at radius 2 is 1.80 bits per heavy atom. The lowest BCUT2D eigenvalue weighted by Gasteiger charge is -2.13. The van der Waals surface area contributed by atoms with Gasteiger partial charge in [-0.15, -0.1) is 12.4 Å². The van der Waals surface area contributed by atoms with E-state index in [1.165, 1.54) is 0 Å². The molecule has 86 valence electrons. The molecule has 0 heterocycles. The number of alkyl halides is 1. The van der Waals surface area contributed by atoms with Gasteiger partial charge in [0.15, 0.2) is 0 Å². The Kier molecular flexibility index (Phi) is 5.61. The molecular weight excluding hydrogens is 217 g/mol. The van der Waals surface area contributed by atoms with Crippen molar-refractivity contribution in [2.75, 3.05) is 13.8 Å². The van der Waals surface area contributed by atoms with Crippen LogP contribution in [-0.2, 0) is 0 Å². The third-order valence-corrected chi connectivity index (χ3v) is 2.28. The highest BCUT2D eigenvalue weighted by Crippen LogP contribution is 2.26. The predicted molar refractivity (Wildman–Crippen MR) is 62.6 cm³/mol. The summed E-state index contributed by atoms with van der Waals surface area (Å²) >= 11 is 0. The lowest BCUT2D eigenvalue weighted by atomic mass is 10.0. The van der Waals surface area contributed by atoms with E-state index in [-0.39, 0.29) is 12.4 Å². The molecular formula is C11H17ClFNO. The summed E-state index contributed by atoms with van der Waals surface area (Å²) in [5.41, 5.74) is 8.41. The van der Waals surface area contributed by atoms with E-state index in [0.717, 1.165) is 22.4 Å². The quantitative estimate of drug-likeness (QED) is 0.871. The second-order valence-electron chi connectivity index (χ2n) is 3.45. The van der Waals surface area contributed by atoms with Crippen LogP contribution < -0.4 is 10.5 Å². The lowest BCUT2D eigenvalue weighted by Crippen LogP contribution is -2.12. The number of hydrogen-bond acceptors (Lipinski definition) is 2. The van der Waals surface area contributed by atoms with Crippen molar-refractivity contribution >= 4 is 12.4 Å². The molecule has 0 bridgehead atoms. The number of hydrogen-bond donors (Lipinski definition) is 1. The summed E-state index contributed by atoms with van der Waals surface area (Å²) in [6, 6.07) is 3.21. The first kappa shape index (κ1) is 14.2. The zero-order chi connectivity index (χ0) is 10.7. The Labute approximate surface area is 96.0 Å². The molecule has 1 aromatic rings. The van der Waals surface area contributed by atoms with Crippen molar-refractivity contribution in [3.63, 3.8) is 0 Å². The van der Waals surface area contributed by atoms with Crippen LogP contribution in [0.15, 0.2) is 12.1 Å². The highest BCUT2D eigenvalue weighted by molar-refractivity contribution is 5.85. The molecule has 0 saturated heterocycles. The van der Waals surface area contributed by atoms with E-state index >= 15 is 0 Å². The van der Waals surface area contributed by atoms with Crippen LogP contribution in [-0.4, -0.2) is 13.8 Å². The van der Waals surface area contributed by atoms with E-state index in [0.29, 0.717) is 0 Å². The molecule has 4 heteroatoms. The van der Waals surface area contributed by atoms with Crippen molar-refractivity contribution < 1.29 is 9.13 Å². The fourth-order valence-electron chi connectivity index (χ4n) is 1.61. The van der Waals surface area contributed by atoms with Crippen LogP contribution in [0.25, 0.3) is 0 Å². The number of ether oxygens (including phenoxy) is 1. The molecule has 0 aliphatic rings. The number of benzene rings is 1. The number of aryl methyl sites for hydroxylation is 2. The Balaban J connectivity index is 0.00000196. The summed E-state index contributed by atoms with van der Waals surface area (Å²) in [5.74, 6) is 0.847. The first-order valence-corrected chi connectivity index (χ1v) is 4.56. The molecule has 0 spiro atoms. The normalized spacial score (nSPS) is 11.8. The van der Waals surface area contributed by atoms with Gasteiger partial charge in [0.25, 0.3) is 0 Å². The van der Waals surface area contributed by atoms with E-state index in [2.05, 4.69) is 0 Å². The highest BCUT2D eigenvalue weighted by Gasteiger charge is 2.10. The molecule has 0 aliphatic heterocycles. The van der Waals surface area contributed by atoms with E-state index in [1.54, 1.807) is 7.11 Å². The minimum atomic E-state index is -0.536. The van der Waals surface area contributed by atoms with Crippen LogP contribution in [0.4, 0.5) is 4.39 Å². The molecule has 0 amide bonds. The van der Waals surface area contributed by atoms with Crippen LogP contribution >= 0.6 is 12.4 Å². The van der Waals surface area contributed by atoms with Gasteiger partial charge in [-0.1, -0.05) is 12.1 Å². The summed E-state index contributed by atoms with van der Waals surface area (Å²) in [5, 5.41) is 0. The number of methoxy groups -OCH3 is 1. The minimum absolute atomic E-state index is 0. The van der Waals surface area contributed by atoms with Gasteiger partial charge in [0, 0.05) is 0 Å². The Hall–Kier alpha value is -0.800. The van der Waals surface area contributed by atoms with Crippen molar-refractivity contribution in [3.8, 4) is 5.75 Å². The predicted octanol–water partition coefficient (Wildman–Crippen LogP) is 2.70. The molecule has 15 heavy (non-hydrogen) atoms. The molecule has 1 rings (SSSR count).